The molecule has 1 aliphatic heterocycles. The molecule has 12 heteroatoms. The Bertz CT molecular complexity index is 1860. The molecule has 1 fully saturated rings. The molecule has 11 nitrogen and oxygen atoms in total. The number of nitriles is 1. The van der Waals surface area contributed by atoms with Crippen LogP contribution in [0.4, 0.5) is 0 Å². The first-order valence-electron chi connectivity index (χ1n) is 16.9. The van der Waals surface area contributed by atoms with Gasteiger partial charge in [0.1, 0.15) is 42.6 Å². The second-order valence-corrected chi connectivity index (χ2v) is 13.0. The largest absolute Gasteiger partial charge is 0.493 e. The molecule has 0 spiro atoms. The molecule has 5 rings (SSSR count). The molecule has 0 bridgehead atoms. The van der Waals surface area contributed by atoms with Crippen molar-refractivity contribution in [3.63, 3.8) is 0 Å². The van der Waals surface area contributed by atoms with Crippen LogP contribution in [0.15, 0.2) is 67.0 Å². The highest BCUT2D eigenvalue weighted by molar-refractivity contribution is 6.32. The van der Waals surface area contributed by atoms with Gasteiger partial charge in [-0.15, -0.1) is 0 Å². The second kappa shape index (κ2) is 18.0. The summed E-state index contributed by atoms with van der Waals surface area (Å²) in [5.41, 5.74) is 6.81. The maximum Gasteiger partial charge on any atom is 0.323 e. The van der Waals surface area contributed by atoms with E-state index < -0.39 is 18.6 Å². The number of aliphatic hydroxyl groups excluding tert-OH is 2. The summed E-state index contributed by atoms with van der Waals surface area (Å²) in [5, 5.41) is 41.0. The van der Waals surface area contributed by atoms with Crippen LogP contribution < -0.4 is 19.5 Å². The number of β-amino-alcohol motifs (C(OH)–C–C–N with tert-alkyl or cyclic N) is 1. The Hall–Kier alpha value is -4.70. The summed E-state index contributed by atoms with van der Waals surface area (Å²) >= 11 is 6.69. The average molecular weight is 715 g/mol. The number of carboxylic acid groups (broad SMARTS) is 1. The minimum absolute atomic E-state index is 0.0508. The van der Waals surface area contributed by atoms with Gasteiger partial charge in [0, 0.05) is 55.8 Å². The Morgan fingerprint density at radius 1 is 1.02 bits per heavy atom. The molecule has 1 aromatic heterocycles. The highest BCUT2D eigenvalue weighted by Crippen LogP contribution is 2.36. The number of ether oxygens (including phenoxy) is 3. The van der Waals surface area contributed by atoms with E-state index in [4.69, 9.17) is 25.8 Å². The lowest BCUT2D eigenvalue weighted by molar-refractivity contribution is -0.140. The molecule has 2 heterocycles. The van der Waals surface area contributed by atoms with Crippen molar-refractivity contribution in [2.24, 2.45) is 0 Å². The zero-order chi connectivity index (χ0) is 36.3. The molecule has 51 heavy (non-hydrogen) atoms. The van der Waals surface area contributed by atoms with Crippen molar-refractivity contribution in [3.8, 4) is 34.4 Å². The number of rotatable bonds is 17. The monoisotopic (exact) mass is 714 g/mol. The van der Waals surface area contributed by atoms with Gasteiger partial charge in [-0.25, -0.2) is 0 Å². The van der Waals surface area contributed by atoms with Crippen molar-refractivity contribution >= 4 is 17.6 Å². The van der Waals surface area contributed by atoms with Crippen molar-refractivity contribution in [1.82, 2.24) is 15.2 Å². The molecule has 3 aromatic carbocycles. The quantitative estimate of drug-likeness (QED) is 0.104. The summed E-state index contributed by atoms with van der Waals surface area (Å²) in [7, 11) is 0. The van der Waals surface area contributed by atoms with E-state index in [9.17, 15) is 25.4 Å². The minimum Gasteiger partial charge on any atom is -0.493 e. The Morgan fingerprint density at radius 2 is 1.78 bits per heavy atom. The highest BCUT2D eigenvalue weighted by Gasteiger charge is 2.20. The predicted molar refractivity (Wildman–Crippen MR) is 193 cm³/mol. The molecule has 268 valence electrons. The maximum atomic E-state index is 11.5. The Morgan fingerprint density at radius 3 is 2.51 bits per heavy atom. The first-order valence-corrected chi connectivity index (χ1v) is 17.2. The number of pyridine rings is 1. The smallest absolute Gasteiger partial charge is 0.323 e. The number of aliphatic carboxylic acids is 1. The van der Waals surface area contributed by atoms with Crippen LogP contribution in [0.3, 0.4) is 0 Å². The van der Waals surface area contributed by atoms with E-state index in [1.54, 1.807) is 24.4 Å². The van der Waals surface area contributed by atoms with Crippen LogP contribution >= 0.6 is 11.6 Å². The lowest BCUT2D eigenvalue weighted by Gasteiger charge is -2.19. The fourth-order valence-corrected chi connectivity index (χ4v) is 6.29. The molecule has 1 aliphatic rings. The number of hydrogen-bond donors (Lipinski definition) is 4. The number of carbonyl (C=O) groups is 1. The van der Waals surface area contributed by atoms with Crippen LogP contribution in [0, 0.1) is 25.2 Å². The fourth-order valence-electron chi connectivity index (χ4n) is 6.05. The lowest BCUT2D eigenvalue weighted by atomic mass is 9.93. The molecule has 0 amide bonds. The van der Waals surface area contributed by atoms with Gasteiger partial charge in [-0.1, -0.05) is 41.9 Å². The Balaban J connectivity index is 1.31. The van der Waals surface area contributed by atoms with Crippen LogP contribution in [0.5, 0.6) is 17.2 Å². The van der Waals surface area contributed by atoms with E-state index in [1.165, 1.54) is 6.20 Å². The predicted octanol–water partition coefficient (Wildman–Crippen LogP) is 5.42. The van der Waals surface area contributed by atoms with E-state index in [1.807, 2.05) is 24.3 Å². The Labute approximate surface area is 303 Å². The summed E-state index contributed by atoms with van der Waals surface area (Å²) < 4.78 is 18.6. The topological polar surface area (TPSA) is 157 Å². The van der Waals surface area contributed by atoms with Crippen molar-refractivity contribution in [3.05, 3.63) is 105 Å². The average Bonchev–Trinajstić information content (AvgIpc) is 3.55. The molecule has 0 saturated carbocycles. The van der Waals surface area contributed by atoms with Crippen LogP contribution in [0.25, 0.3) is 11.1 Å². The van der Waals surface area contributed by atoms with Gasteiger partial charge in [0.05, 0.1) is 29.9 Å². The van der Waals surface area contributed by atoms with Crippen molar-refractivity contribution in [2.45, 2.75) is 58.6 Å². The molecule has 0 radical (unpaired) electrons. The highest BCUT2D eigenvalue weighted by atomic mass is 35.5. The maximum absolute atomic E-state index is 11.5. The fraction of sp³-hybridized carbons (Fsp3) is 0.359. The number of aliphatic hydroxyl groups is 2. The number of likely N-dealkylation sites (tertiary alicyclic amines) is 1. The molecule has 0 aliphatic carbocycles. The summed E-state index contributed by atoms with van der Waals surface area (Å²) in [6.45, 7) is 7.04. The standard InChI is InChI=1S/C39H43ClN4O7/c1-25-29(6-3-7-32(25)33-8-4-9-36(26(33)2)49-13-5-11-44-12-10-31(46)21-44)24-51-38-16-37(50-23-28-14-27(17-41)18-42-19-28)30(15-34(38)40)20-43-35(22-45)39(47)48/h3-4,6-9,14-16,18-19,31,35,43,45-46H,5,10-13,20-24H2,1-2H3,(H,47,48)/t31-,35?/m1/s1. The third-order valence-electron chi connectivity index (χ3n) is 8.98. The van der Waals surface area contributed by atoms with Gasteiger partial charge in [0.15, 0.2) is 0 Å². The van der Waals surface area contributed by atoms with Gasteiger partial charge in [-0.2, -0.15) is 5.26 Å². The number of halogens is 1. The molecule has 1 unspecified atom stereocenters. The van der Waals surface area contributed by atoms with E-state index >= 15 is 0 Å². The summed E-state index contributed by atoms with van der Waals surface area (Å²) in [5.74, 6) is 0.415. The first kappa shape index (κ1) is 37.6. The van der Waals surface area contributed by atoms with Crippen LogP contribution in [0.2, 0.25) is 5.02 Å². The number of aromatic nitrogens is 1. The van der Waals surface area contributed by atoms with Crippen LogP contribution in [-0.2, 0) is 24.6 Å². The van der Waals surface area contributed by atoms with Crippen LogP contribution in [-0.4, -0.2) is 76.2 Å². The van der Waals surface area contributed by atoms with E-state index in [0.29, 0.717) is 39.8 Å². The molecule has 4 N–H and O–H groups in total. The number of carboxylic acids is 1. The third-order valence-corrected chi connectivity index (χ3v) is 9.28. The Kier molecular flexibility index (Phi) is 13.2. The number of nitrogens with zero attached hydrogens (tertiary/aromatic N) is 3. The van der Waals surface area contributed by atoms with Gasteiger partial charge in [-0.3, -0.25) is 15.1 Å². The van der Waals surface area contributed by atoms with E-state index in [0.717, 1.165) is 66.0 Å². The summed E-state index contributed by atoms with van der Waals surface area (Å²) in [6.07, 6.45) is 4.55. The van der Waals surface area contributed by atoms with Gasteiger partial charge in [0.2, 0.25) is 0 Å². The van der Waals surface area contributed by atoms with Crippen molar-refractivity contribution < 1.29 is 34.3 Å². The van der Waals surface area contributed by atoms with Crippen LogP contribution in [0.1, 0.15) is 46.2 Å². The zero-order valence-electron chi connectivity index (χ0n) is 28.8. The molecular weight excluding hydrogens is 672 g/mol. The SMILES string of the molecule is Cc1c(COc2cc(OCc3cncc(C#N)c3)c(CNC(CO)C(=O)O)cc2Cl)cccc1-c1cccc(OCCCN2CC[C@@H](O)C2)c1C. The van der Waals surface area contributed by atoms with Gasteiger partial charge >= 0.3 is 5.97 Å². The lowest BCUT2D eigenvalue weighted by Crippen LogP contribution is -2.39. The first-order chi connectivity index (χ1) is 24.7. The molecule has 4 aromatic rings. The zero-order valence-corrected chi connectivity index (χ0v) is 29.5. The molecular formula is C39H43ClN4O7. The second-order valence-electron chi connectivity index (χ2n) is 12.6. The summed E-state index contributed by atoms with van der Waals surface area (Å²) in [6, 6.07) is 18.0. The number of nitrogens with one attached hydrogen (secondary N) is 1. The van der Waals surface area contributed by atoms with Gasteiger partial charge in [0.25, 0.3) is 0 Å². The minimum atomic E-state index is -1.19. The number of benzene rings is 3. The van der Waals surface area contributed by atoms with Crippen molar-refractivity contribution in [2.75, 3.05) is 32.8 Å². The normalized spacial score (nSPS) is 14.9. The van der Waals surface area contributed by atoms with E-state index in [2.05, 4.69) is 47.3 Å². The van der Waals surface area contributed by atoms with Gasteiger partial charge < -0.3 is 34.4 Å². The third kappa shape index (κ3) is 9.97. The number of hydrogen-bond acceptors (Lipinski definition) is 10. The van der Waals surface area contributed by atoms with E-state index in [-0.39, 0.29) is 25.9 Å². The van der Waals surface area contributed by atoms with Crippen molar-refractivity contribution in [1.29, 1.82) is 5.26 Å². The summed E-state index contributed by atoms with van der Waals surface area (Å²) in [4.78, 5) is 17.8. The van der Waals surface area contributed by atoms with Gasteiger partial charge in [-0.05, 0) is 72.7 Å². The molecule has 2 atom stereocenters. The molecule has 1 saturated heterocycles.